The number of thiophene rings is 1. The van der Waals surface area contributed by atoms with E-state index in [2.05, 4.69) is 10.3 Å². The first kappa shape index (κ1) is 16.4. The molecule has 24 heavy (non-hydrogen) atoms. The molecular weight excluding hydrogens is 328 g/mol. The van der Waals surface area contributed by atoms with E-state index in [0.29, 0.717) is 0 Å². The third-order valence-corrected chi connectivity index (χ3v) is 5.20. The van der Waals surface area contributed by atoms with E-state index in [1.807, 2.05) is 0 Å². The third-order valence-electron chi connectivity index (χ3n) is 4.13. The van der Waals surface area contributed by atoms with Crippen LogP contribution < -0.4 is 10.9 Å². The summed E-state index contributed by atoms with van der Waals surface area (Å²) >= 11 is 1.11. The van der Waals surface area contributed by atoms with E-state index < -0.39 is 11.9 Å². The average molecular weight is 346 g/mol. The van der Waals surface area contributed by atoms with Gasteiger partial charge in [-0.3, -0.25) is 9.59 Å². The molecule has 0 radical (unpaired) electrons. The number of amides is 1. The number of fused-ring (bicyclic) bond motifs is 1. The maximum Gasteiger partial charge on any atom is 0.345 e. The number of H-pyrrole nitrogens is 1. The van der Waals surface area contributed by atoms with Crippen LogP contribution in [0.4, 0.5) is 0 Å². The number of aromatic amines is 1. The minimum atomic E-state index is -0.986. The fraction of sp³-hybridized carbons (Fsp3) is 0.353. The van der Waals surface area contributed by atoms with Crippen LogP contribution in [0.1, 0.15) is 55.4 Å². The zero-order chi connectivity index (χ0) is 17.1. The van der Waals surface area contributed by atoms with E-state index >= 15 is 0 Å². The number of carboxylic acid groups (broad SMARTS) is 1. The SMILES string of the molecule is O=C(O)c1ccc(CNC(=O)c2cc3c([nH]c2=O)CCCCC3)s1. The van der Waals surface area contributed by atoms with Crippen molar-refractivity contribution in [3.05, 3.63) is 55.1 Å². The van der Waals surface area contributed by atoms with Crippen molar-refractivity contribution in [2.75, 3.05) is 0 Å². The molecule has 1 aliphatic rings. The first-order valence-electron chi connectivity index (χ1n) is 7.90. The zero-order valence-electron chi connectivity index (χ0n) is 13.1. The molecular formula is C17H18N2O4S. The van der Waals surface area contributed by atoms with Gasteiger partial charge < -0.3 is 15.4 Å². The Labute approximate surface area is 142 Å². The molecule has 0 unspecified atom stereocenters. The van der Waals surface area contributed by atoms with E-state index in [9.17, 15) is 14.4 Å². The molecule has 2 aromatic rings. The van der Waals surface area contributed by atoms with Gasteiger partial charge in [-0.1, -0.05) is 6.42 Å². The first-order valence-corrected chi connectivity index (χ1v) is 8.71. The van der Waals surface area contributed by atoms with Gasteiger partial charge >= 0.3 is 5.97 Å². The quantitative estimate of drug-likeness (QED) is 0.740. The smallest absolute Gasteiger partial charge is 0.345 e. The molecule has 2 heterocycles. The van der Waals surface area contributed by atoms with Crippen molar-refractivity contribution < 1.29 is 14.7 Å². The van der Waals surface area contributed by atoms with E-state index in [-0.39, 0.29) is 22.5 Å². The van der Waals surface area contributed by atoms with Gasteiger partial charge in [-0.15, -0.1) is 11.3 Å². The summed E-state index contributed by atoms with van der Waals surface area (Å²) in [6.07, 6.45) is 4.97. The molecule has 6 nitrogen and oxygen atoms in total. The molecule has 0 aliphatic heterocycles. The molecule has 126 valence electrons. The number of aromatic carboxylic acids is 1. The predicted octanol–water partition coefficient (Wildman–Crippen LogP) is 2.33. The van der Waals surface area contributed by atoms with Crippen LogP contribution >= 0.6 is 11.3 Å². The van der Waals surface area contributed by atoms with Crippen LogP contribution in [0, 0.1) is 0 Å². The van der Waals surface area contributed by atoms with Crippen LogP contribution in [-0.4, -0.2) is 22.0 Å². The van der Waals surface area contributed by atoms with Gasteiger partial charge in [0.15, 0.2) is 0 Å². The Morgan fingerprint density at radius 2 is 2.00 bits per heavy atom. The molecule has 0 aromatic carbocycles. The number of aromatic nitrogens is 1. The number of carboxylic acids is 1. The van der Waals surface area contributed by atoms with Crippen LogP contribution in [0.2, 0.25) is 0 Å². The number of hydrogen-bond donors (Lipinski definition) is 3. The molecule has 1 aliphatic carbocycles. The number of rotatable bonds is 4. The number of carbonyl (C=O) groups is 2. The van der Waals surface area contributed by atoms with Crippen LogP contribution in [0.5, 0.6) is 0 Å². The van der Waals surface area contributed by atoms with E-state index in [1.54, 1.807) is 12.1 Å². The highest BCUT2D eigenvalue weighted by atomic mass is 32.1. The summed E-state index contributed by atoms with van der Waals surface area (Å²) < 4.78 is 0. The van der Waals surface area contributed by atoms with Gasteiger partial charge in [-0.05, 0) is 49.4 Å². The monoisotopic (exact) mass is 346 g/mol. The second-order valence-corrected chi connectivity index (χ2v) is 7.00. The summed E-state index contributed by atoms with van der Waals surface area (Å²) in [5.74, 6) is -1.42. The minimum absolute atomic E-state index is 0.116. The number of pyridine rings is 1. The van der Waals surface area contributed by atoms with Crippen molar-refractivity contribution in [2.24, 2.45) is 0 Å². The van der Waals surface area contributed by atoms with Gasteiger partial charge in [-0.2, -0.15) is 0 Å². The molecule has 3 N–H and O–H groups in total. The van der Waals surface area contributed by atoms with Gasteiger partial charge in [0, 0.05) is 10.6 Å². The number of aryl methyl sites for hydroxylation is 2. The van der Waals surface area contributed by atoms with Crippen molar-refractivity contribution >= 4 is 23.2 Å². The molecule has 0 saturated carbocycles. The fourth-order valence-corrected chi connectivity index (χ4v) is 3.66. The molecule has 0 fully saturated rings. The topological polar surface area (TPSA) is 99.3 Å². The summed E-state index contributed by atoms with van der Waals surface area (Å²) in [4.78, 5) is 39.1. The van der Waals surface area contributed by atoms with Gasteiger partial charge in [0.25, 0.3) is 11.5 Å². The van der Waals surface area contributed by atoms with Crippen molar-refractivity contribution in [3.8, 4) is 0 Å². The second-order valence-electron chi connectivity index (χ2n) is 5.83. The van der Waals surface area contributed by atoms with E-state index in [1.165, 1.54) is 6.07 Å². The molecule has 7 heteroatoms. The summed E-state index contributed by atoms with van der Waals surface area (Å²) in [5.41, 5.74) is 1.73. The lowest BCUT2D eigenvalue weighted by Crippen LogP contribution is -2.30. The zero-order valence-corrected chi connectivity index (χ0v) is 13.9. The van der Waals surface area contributed by atoms with Gasteiger partial charge in [0.2, 0.25) is 0 Å². The highest BCUT2D eigenvalue weighted by Crippen LogP contribution is 2.19. The maximum atomic E-state index is 12.3. The molecule has 0 atom stereocenters. The summed E-state index contributed by atoms with van der Waals surface area (Å²) in [7, 11) is 0. The fourth-order valence-electron chi connectivity index (χ4n) is 2.87. The van der Waals surface area contributed by atoms with Gasteiger partial charge in [0.05, 0.1) is 6.54 Å². The average Bonchev–Trinajstić information content (AvgIpc) is 2.92. The van der Waals surface area contributed by atoms with Crippen LogP contribution in [0.15, 0.2) is 23.0 Å². The molecule has 0 saturated heterocycles. The van der Waals surface area contributed by atoms with Gasteiger partial charge in [-0.25, -0.2) is 4.79 Å². The highest BCUT2D eigenvalue weighted by Gasteiger charge is 2.16. The maximum absolute atomic E-state index is 12.3. The molecule has 3 rings (SSSR count). The van der Waals surface area contributed by atoms with Crippen LogP contribution in [0.3, 0.4) is 0 Å². The van der Waals surface area contributed by atoms with Crippen molar-refractivity contribution in [2.45, 2.75) is 38.6 Å². The predicted molar refractivity (Wildman–Crippen MR) is 90.8 cm³/mol. The largest absolute Gasteiger partial charge is 0.477 e. The normalized spacial score (nSPS) is 13.8. The van der Waals surface area contributed by atoms with Crippen molar-refractivity contribution in [3.63, 3.8) is 0 Å². The van der Waals surface area contributed by atoms with Crippen LogP contribution in [0.25, 0.3) is 0 Å². The third kappa shape index (κ3) is 3.56. The Morgan fingerprint density at radius 3 is 2.75 bits per heavy atom. The Kier molecular flexibility index (Phi) is 4.80. The van der Waals surface area contributed by atoms with Crippen LogP contribution in [-0.2, 0) is 19.4 Å². The second kappa shape index (κ2) is 7.00. The number of hydrogen-bond acceptors (Lipinski definition) is 4. The number of nitrogens with one attached hydrogen (secondary N) is 2. The molecule has 2 aromatic heterocycles. The van der Waals surface area contributed by atoms with Gasteiger partial charge in [0.1, 0.15) is 10.4 Å². The summed E-state index contributed by atoms with van der Waals surface area (Å²) in [5, 5.41) is 11.6. The highest BCUT2D eigenvalue weighted by molar-refractivity contribution is 7.13. The summed E-state index contributed by atoms with van der Waals surface area (Å²) in [6.45, 7) is 0.202. The summed E-state index contributed by atoms with van der Waals surface area (Å²) in [6, 6.07) is 4.87. The lowest BCUT2D eigenvalue weighted by atomic mass is 10.1. The number of carbonyl (C=O) groups excluding carboxylic acids is 1. The Balaban J connectivity index is 1.73. The van der Waals surface area contributed by atoms with Crippen molar-refractivity contribution in [1.82, 2.24) is 10.3 Å². The first-order chi connectivity index (χ1) is 11.5. The standard InChI is InChI=1S/C17H18N2O4S/c20-15(18-9-11-6-7-14(24-11)17(22)23)12-8-10-4-2-1-3-5-13(10)19-16(12)21/h6-8H,1-5,9H2,(H,18,20)(H,19,21)(H,22,23). The van der Waals surface area contributed by atoms with E-state index in [4.69, 9.17) is 5.11 Å². The lowest BCUT2D eigenvalue weighted by molar-refractivity contribution is 0.0702. The molecule has 0 bridgehead atoms. The Morgan fingerprint density at radius 1 is 1.21 bits per heavy atom. The molecule has 1 amide bonds. The minimum Gasteiger partial charge on any atom is -0.477 e. The Bertz CT molecular complexity index is 837. The van der Waals surface area contributed by atoms with Crippen molar-refractivity contribution in [1.29, 1.82) is 0 Å². The van der Waals surface area contributed by atoms with E-state index in [0.717, 1.165) is 59.6 Å². The molecule has 0 spiro atoms. The Hall–Kier alpha value is -2.41. The lowest BCUT2D eigenvalue weighted by Gasteiger charge is -2.08.